The van der Waals surface area contributed by atoms with Crippen molar-refractivity contribution >= 4 is 35.0 Å². The average molecular weight is 431 g/mol. The normalized spacial score (nSPS) is 10.8. The van der Waals surface area contributed by atoms with Gasteiger partial charge in [0.25, 0.3) is 0 Å². The standard InChI is InChI=1S/C26H26N2O2S/c1-19-12-13-20(2)24(16-19)28(17-22-10-6-7-11-23(22)18-29)26(31)27-25(30)15-14-21-8-4-3-5-9-21/h3-16,29H,17-18H2,1-2H3,(H,27,30,31). The molecule has 3 aromatic carbocycles. The van der Waals surface area contributed by atoms with Crippen molar-refractivity contribution in [3.8, 4) is 0 Å². The van der Waals surface area contributed by atoms with Crippen LogP contribution >= 0.6 is 12.2 Å². The molecule has 0 aliphatic carbocycles. The molecule has 3 rings (SSSR count). The number of anilines is 1. The zero-order chi connectivity index (χ0) is 22.2. The van der Waals surface area contributed by atoms with E-state index in [0.29, 0.717) is 11.7 Å². The first kappa shape index (κ1) is 22.4. The maximum absolute atomic E-state index is 12.5. The summed E-state index contributed by atoms with van der Waals surface area (Å²) in [5.41, 5.74) is 5.78. The van der Waals surface area contributed by atoms with Crippen LogP contribution in [0.5, 0.6) is 0 Å². The molecular weight excluding hydrogens is 404 g/mol. The third-order valence-corrected chi connectivity index (χ3v) is 5.30. The monoisotopic (exact) mass is 430 g/mol. The number of carbonyl (C=O) groups is 1. The third-order valence-electron chi connectivity index (χ3n) is 4.97. The molecule has 0 saturated heterocycles. The predicted molar refractivity (Wildman–Crippen MR) is 131 cm³/mol. The first-order valence-corrected chi connectivity index (χ1v) is 10.5. The quantitative estimate of drug-likeness (QED) is 0.431. The minimum atomic E-state index is -0.292. The van der Waals surface area contributed by atoms with Crippen molar-refractivity contribution in [2.45, 2.75) is 27.0 Å². The molecule has 0 bridgehead atoms. The van der Waals surface area contributed by atoms with Crippen molar-refractivity contribution in [2.75, 3.05) is 4.90 Å². The second-order valence-electron chi connectivity index (χ2n) is 7.34. The highest BCUT2D eigenvalue weighted by Crippen LogP contribution is 2.25. The molecule has 0 radical (unpaired) electrons. The molecule has 0 fully saturated rings. The van der Waals surface area contributed by atoms with E-state index in [1.807, 2.05) is 85.5 Å². The summed E-state index contributed by atoms with van der Waals surface area (Å²) in [5.74, 6) is -0.292. The highest BCUT2D eigenvalue weighted by molar-refractivity contribution is 7.80. The van der Waals surface area contributed by atoms with Crippen molar-refractivity contribution in [3.63, 3.8) is 0 Å². The van der Waals surface area contributed by atoms with E-state index in [0.717, 1.165) is 33.5 Å². The van der Waals surface area contributed by atoms with Gasteiger partial charge >= 0.3 is 0 Å². The van der Waals surface area contributed by atoms with Crippen LogP contribution in [0.2, 0.25) is 0 Å². The van der Waals surface area contributed by atoms with E-state index in [1.54, 1.807) is 6.08 Å². The van der Waals surface area contributed by atoms with Gasteiger partial charge in [-0.2, -0.15) is 0 Å². The van der Waals surface area contributed by atoms with Crippen molar-refractivity contribution in [2.24, 2.45) is 0 Å². The first-order chi connectivity index (χ1) is 15.0. The summed E-state index contributed by atoms with van der Waals surface area (Å²) >= 11 is 5.64. The number of nitrogens with zero attached hydrogens (tertiary/aromatic N) is 1. The maximum atomic E-state index is 12.5. The Morgan fingerprint density at radius 2 is 1.68 bits per heavy atom. The Labute approximate surface area is 188 Å². The van der Waals surface area contributed by atoms with E-state index in [1.165, 1.54) is 6.08 Å². The number of aliphatic hydroxyl groups excluding tert-OH is 1. The van der Waals surface area contributed by atoms with Gasteiger partial charge in [0.1, 0.15) is 0 Å². The number of carbonyl (C=O) groups excluding carboxylic acids is 1. The Balaban J connectivity index is 1.86. The predicted octanol–water partition coefficient (Wildman–Crippen LogP) is 4.92. The lowest BCUT2D eigenvalue weighted by Gasteiger charge is -2.28. The van der Waals surface area contributed by atoms with Gasteiger partial charge in [0.15, 0.2) is 5.11 Å². The zero-order valence-corrected chi connectivity index (χ0v) is 18.5. The van der Waals surface area contributed by atoms with Crippen LogP contribution in [0.25, 0.3) is 6.08 Å². The van der Waals surface area contributed by atoms with Crippen LogP contribution < -0.4 is 10.2 Å². The summed E-state index contributed by atoms with van der Waals surface area (Å²) in [4.78, 5) is 14.4. The Hall–Kier alpha value is -3.28. The fourth-order valence-electron chi connectivity index (χ4n) is 3.26. The number of thiocarbonyl (C=S) groups is 1. The number of hydrogen-bond donors (Lipinski definition) is 2. The number of amides is 1. The molecule has 5 heteroatoms. The van der Waals surface area contributed by atoms with Gasteiger partial charge in [-0.15, -0.1) is 0 Å². The SMILES string of the molecule is Cc1ccc(C)c(N(Cc2ccccc2CO)C(=S)NC(=O)C=Cc2ccccc2)c1. The maximum Gasteiger partial charge on any atom is 0.250 e. The third kappa shape index (κ3) is 6.10. The molecule has 4 nitrogen and oxygen atoms in total. The van der Waals surface area contributed by atoms with Crippen molar-refractivity contribution in [3.05, 3.63) is 107 Å². The molecule has 0 saturated carbocycles. The molecule has 158 valence electrons. The van der Waals surface area contributed by atoms with Gasteiger partial charge in [0.05, 0.1) is 13.2 Å². The van der Waals surface area contributed by atoms with Gasteiger partial charge in [-0.05, 0) is 66.0 Å². The van der Waals surface area contributed by atoms with E-state index in [4.69, 9.17) is 12.2 Å². The smallest absolute Gasteiger partial charge is 0.250 e. The Morgan fingerprint density at radius 3 is 2.39 bits per heavy atom. The number of nitrogens with one attached hydrogen (secondary N) is 1. The lowest BCUT2D eigenvalue weighted by Crippen LogP contribution is -2.42. The van der Waals surface area contributed by atoms with Crippen LogP contribution in [0.1, 0.15) is 27.8 Å². The summed E-state index contributed by atoms with van der Waals surface area (Å²) < 4.78 is 0. The molecule has 1 amide bonds. The highest BCUT2D eigenvalue weighted by Gasteiger charge is 2.18. The fraction of sp³-hybridized carbons (Fsp3) is 0.154. The van der Waals surface area contributed by atoms with E-state index in [-0.39, 0.29) is 12.5 Å². The van der Waals surface area contributed by atoms with Crippen LogP contribution in [-0.2, 0) is 17.9 Å². The van der Waals surface area contributed by atoms with Gasteiger partial charge in [-0.3, -0.25) is 10.1 Å². The molecule has 31 heavy (non-hydrogen) atoms. The van der Waals surface area contributed by atoms with Gasteiger partial charge in [-0.1, -0.05) is 66.7 Å². The number of benzene rings is 3. The zero-order valence-electron chi connectivity index (χ0n) is 17.7. The average Bonchev–Trinajstić information content (AvgIpc) is 2.78. The lowest BCUT2D eigenvalue weighted by atomic mass is 10.1. The molecule has 0 aliphatic rings. The molecule has 3 aromatic rings. The number of hydrogen-bond acceptors (Lipinski definition) is 3. The molecule has 2 N–H and O–H groups in total. The molecule has 0 heterocycles. The van der Waals surface area contributed by atoms with Crippen LogP contribution in [0.3, 0.4) is 0 Å². The summed E-state index contributed by atoms with van der Waals surface area (Å²) in [5, 5.41) is 12.9. The first-order valence-electron chi connectivity index (χ1n) is 10.1. The molecule has 0 unspecified atom stereocenters. The molecular formula is C26H26N2O2S. The van der Waals surface area contributed by atoms with Crippen LogP contribution in [0, 0.1) is 13.8 Å². The summed E-state index contributed by atoms with van der Waals surface area (Å²) in [6, 6.07) is 23.4. The van der Waals surface area contributed by atoms with Gasteiger partial charge in [-0.25, -0.2) is 0 Å². The number of rotatable bonds is 6. The van der Waals surface area contributed by atoms with E-state index >= 15 is 0 Å². The van der Waals surface area contributed by atoms with E-state index in [2.05, 4.69) is 11.4 Å². The number of aliphatic hydroxyl groups is 1. The Kier molecular flexibility index (Phi) is 7.70. The summed E-state index contributed by atoms with van der Waals surface area (Å²) in [6.45, 7) is 4.41. The fourth-order valence-corrected chi connectivity index (χ4v) is 3.53. The summed E-state index contributed by atoms with van der Waals surface area (Å²) in [6.07, 6.45) is 3.23. The van der Waals surface area contributed by atoms with Crippen molar-refractivity contribution in [1.82, 2.24) is 5.32 Å². The molecule has 0 aliphatic heterocycles. The van der Waals surface area contributed by atoms with Crippen LogP contribution in [0.15, 0.2) is 78.9 Å². The van der Waals surface area contributed by atoms with Gasteiger partial charge < -0.3 is 10.0 Å². The molecule has 0 spiro atoms. The topological polar surface area (TPSA) is 52.6 Å². The summed E-state index contributed by atoms with van der Waals surface area (Å²) in [7, 11) is 0. The van der Waals surface area contributed by atoms with E-state index < -0.39 is 0 Å². The second-order valence-corrected chi connectivity index (χ2v) is 7.73. The second kappa shape index (κ2) is 10.7. The van der Waals surface area contributed by atoms with Gasteiger partial charge in [0.2, 0.25) is 5.91 Å². The molecule has 0 atom stereocenters. The van der Waals surface area contributed by atoms with Crippen LogP contribution in [-0.4, -0.2) is 16.1 Å². The van der Waals surface area contributed by atoms with Crippen LogP contribution in [0.4, 0.5) is 5.69 Å². The molecule has 0 aromatic heterocycles. The number of aryl methyl sites for hydroxylation is 2. The highest BCUT2D eigenvalue weighted by atomic mass is 32.1. The largest absolute Gasteiger partial charge is 0.392 e. The van der Waals surface area contributed by atoms with E-state index in [9.17, 15) is 9.90 Å². The minimum absolute atomic E-state index is 0.0598. The Bertz CT molecular complexity index is 1090. The van der Waals surface area contributed by atoms with Gasteiger partial charge in [0, 0.05) is 11.8 Å². The van der Waals surface area contributed by atoms with Crippen molar-refractivity contribution < 1.29 is 9.90 Å². The van der Waals surface area contributed by atoms with Crippen molar-refractivity contribution in [1.29, 1.82) is 0 Å². The minimum Gasteiger partial charge on any atom is -0.392 e. The Morgan fingerprint density at radius 1 is 1.00 bits per heavy atom. The lowest BCUT2D eigenvalue weighted by molar-refractivity contribution is -0.115.